The Labute approximate surface area is 97.7 Å². The van der Waals surface area contributed by atoms with Gasteiger partial charge < -0.3 is 5.32 Å². The van der Waals surface area contributed by atoms with Gasteiger partial charge in [0.2, 0.25) is 0 Å². The molecule has 2 N–H and O–H groups in total. The number of hydrogen-bond donors (Lipinski definition) is 2. The highest BCUT2D eigenvalue weighted by Crippen LogP contribution is 2.16. The molecule has 0 unspecified atom stereocenters. The summed E-state index contributed by atoms with van der Waals surface area (Å²) >= 11 is 1.68. The van der Waals surface area contributed by atoms with Crippen molar-refractivity contribution >= 4 is 17.2 Å². The number of aromatic amines is 1. The van der Waals surface area contributed by atoms with E-state index in [1.165, 1.54) is 16.6 Å². The van der Waals surface area contributed by atoms with Gasteiger partial charge >= 0.3 is 0 Å². The Balaban J connectivity index is 1.95. The van der Waals surface area contributed by atoms with Crippen molar-refractivity contribution in [3.05, 3.63) is 39.8 Å². The van der Waals surface area contributed by atoms with E-state index in [1.54, 1.807) is 17.5 Å². The minimum absolute atomic E-state index is 0.0933. The van der Waals surface area contributed by atoms with Crippen LogP contribution in [0.5, 0.6) is 0 Å². The predicted octanol–water partition coefficient (Wildman–Crippen LogP) is 1.96. The first-order valence-corrected chi connectivity index (χ1v) is 6.01. The van der Waals surface area contributed by atoms with Crippen LogP contribution in [-0.2, 0) is 13.0 Å². The van der Waals surface area contributed by atoms with Crippen LogP contribution in [0.3, 0.4) is 0 Å². The number of carbonyl (C=O) groups excluding carboxylic acids is 1. The number of rotatable bonds is 4. The van der Waals surface area contributed by atoms with Crippen LogP contribution >= 0.6 is 11.3 Å². The molecular weight excluding hydrogens is 222 g/mol. The van der Waals surface area contributed by atoms with Crippen LogP contribution in [0, 0.1) is 0 Å². The van der Waals surface area contributed by atoms with Crippen LogP contribution < -0.4 is 5.32 Å². The van der Waals surface area contributed by atoms with Gasteiger partial charge in [-0.3, -0.25) is 9.89 Å². The minimum Gasteiger partial charge on any atom is -0.347 e. The van der Waals surface area contributed by atoms with Crippen molar-refractivity contribution in [2.24, 2.45) is 0 Å². The molecule has 2 aromatic heterocycles. The molecule has 0 spiro atoms. The molecule has 0 aliphatic carbocycles. The molecule has 1 amide bonds. The van der Waals surface area contributed by atoms with Gasteiger partial charge in [-0.15, -0.1) is 11.3 Å². The van der Waals surface area contributed by atoms with Gasteiger partial charge in [0, 0.05) is 11.1 Å². The molecule has 5 heteroatoms. The summed E-state index contributed by atoms with van der Waals surface area (Å²) in [5.74, 6) is -0.0933. The molecule has 0 bridgehead atoms. The highest BCUT2D eigenvalue weighted by atomic mass is 32.1. The maximum absolute atomic E-state index is 11.6. The van der Waals surface area contributed by atoms with Gasteiger partial charge in [0.15, 0.2) is 0 Å². The fourth-order valence-electron chi connectivity index (χ4n) is 1.47. The molecule has 16 heavy (non-hydrogen) atoms. The van der Waals surface area contributed by atoms with Crippen molar-refractivity contribution in [2.45, 2.75) is 19.9 Å². The molecule has 0 radical (unpaired) electrons. The summed E-state index contributed by atoms with van der Waals surface area (Å²) in [6, 6.07) is 2.10. The second-order valence-electron chi connectivity index (χ2n) is 3.39. The average molecular weight is 235 g/mol. The van der Waals surface area contributed by atoms with E-state index in [1.807, 2.05) is 0 Å². The van der Waals surface area contributed by atoms with E-state index in [4.69, 9.17) is 0 Å². The lowest BCUT2D eigenvalue weighted by molar-refractivity contribution is 0.0951. The van der Waals surface area contributed by atoms with E-state index in [0.717, 1.165) is 6.42 Å². The molecule has 84 valence electrons. The number of aromatic nitrogens is 2. The summed E-state index contributed by atoms with van der Waals surface area (Å²) in [4.78, 5) is 12.9. The Morgan fingerprint density at radius 1 is 1.62 bits per heavy atom. The van der Waals surface area contributed by atoms with Crippen molar-refractivity contribution < 1.29 is 4.79 Å². The topological polar surface area (TPSA) is 57.8 Å². The lowest BCUT2D eigenvalue weighted by atomic mass is 10.2. The normalized spacial score (nSPS) is 10.3. The van der Waals surface area contributed by atoms with Gasteiger partial charge in [-0.25, -0.2) is 0 Å². The molecule has 0 saturated carbocycles. The average Bonchev–Trinajstić information content (AvgIpc) is 2.96. The van der Waals surface area contributed by atoms with E-state index in [-0.39, 0.29) is 5.91 Å². The minimum atomic E-state index is -0.0933. The van der Waals surface area contributed by atoms with E-state index in [2.05, 4.69) is 33.9 Å². The van der Waals surface area contributed by atoms with Gasteiger partial charge in [0.1, 0.15) is 0 Å². The van der Waals surface area contributed by atoms with Gasteiger partial charge in [0.25, 0.3) is 5.91 Å². The summed E-state index contributed by atoms with van der Waals surface area (Å²) in [5.41, 5.74) is 1.87. The van der Waals surface area contributed by atoms with Crippen LogP contribution in [0.4, 0.5) is 0 Å². The zero-order chi connectivity index (χ0) is 11.4. The molecule has 0 aromatic carbocycles. The molecule has 0 aliphatic rings. The number of amides is 1. The summed E-state index contributed by atoms with van der Waals surface area (Å²) in [7, 11) is 0. The Morgan fingerprint density at radius 3 is 3.19 bits per heavy atom. The maximum Gasteiger partial charge on any atom is 0.254 e. The van der Waals surface area contributed by atoms with Gasteiger partial charge in [-0.05, 0) is 23.4 Å². The number of aryl methyl sites for hydroxylation is 1. The summed E-state index contributed by atoms with van der Waals surface area (Å²) in [6.07, 6.45) is 4.11. The van der Waals surface area contributed by atoms with Crippen LogP contribution in [0.15, 0.2) is 23.8 Å². The zero-order valence-corrected chi connectivity index (χ0v) is 9.80. The quantitative estimate of drug-likeness (QED) is 0.851. The Bertz CT molecular complexity index is 461. The van der Waals surface area contributed by atoms with Gasteiger partial charge in [-0.2, -0.15) is 5.10 Å². The molecule has 2 rings (SSSR count). The first-order chi connectivity index (χ1) is 7.81. The number of hydrogen-bond acceptors (Lipinski definition) is 3. The van der Waals surface area contributed by atoms with Crippen LogP contribution in [-0.4, -0.2) is 16.1 Å². The number of thiophene rings is 1. The third-order valence-electron chi connectivity index (χ3n) is 2.39. The van der Waals surface area contributed by atoms with Crippen molar-refractivity contribution in [1.82, 2.24) is 15.5 Å². The van der Waals surface area contributed by atoms with Crippen LogP contribution in [0.25, 0.3) is 0 Å². The number of carbonyl (C=O) groups is 1. The SMILES string of the molecule is CCc1ccsc1CNC(=O)c1cn[nH]c1. The lowest BCUT2D eigenvalue weighted by Crippen LogP contribution is -2.22. The first-order valence-electron chi connectivity index (χ1n) is 5.13. The summed E-state index contributed by atoms with van der Waals surface area (Å²) < 4.78 is 0. The summed E-state index contributed by atoms with van der Waals surface area (Å²) in [5, 5.41) is 11.3. The Hall–Kier alpha value is -1.62. The molecule has 0 aliphatic heterocycles. The van der Waals surface area contributed by atoms with Crippen molar-refractivity contribution in [3.63, 3.8) is 0 Å². The Morgan fingerprint density at radius 2 is 2.50 bits per heavy atom. The molecule has 0 atom stereocenters. The molecule has 0 fully saturated rings. The molecule has 2 heterocycles. The van der Waals surface area contributed by atoms with Crippen LogP contribution in [0.1, 0.15) is 27.7 Å². The van der Waals surface area contributed by atoms with E-state index in [0.29, 0.717) is 12.1 Å². The van der Waals surface area contributed by atoms with Crippen LogP contribution in [0.2, 0.25) is 0 Å². The number of nitrogens with one attached hydrogen (secondary N) is 2. The smallest absolute Gasteiger partial charge is 0.254 e. The monoisotopic (exact) mass is 235 g/mol. The van der Waals surface area contributed by atoms with E-state index < -0.39 is 0 Å². The fraction of sp³-hybridized carbons (Fsp3) is 0.273. The lowest BCUT2D eigenvalue weighted by Gasteiger charge is -2.03. The highest BCUT2D eigenvalue weighted by molar-refractivity contribution is 7.10. The maximum atomic E-state index is 11.6. The zero-order valence-electron chi connectivity index (χ0n) is 8.99. The molecule has 2 aromatic rings. The van der Waals surface area contributed by atoms with E-state index >= 15 is 0 Å². The third kappa shape index (κ3) is 2.30. The molecule has 0 saturated heterocycles. The predicted molar refractivity (Wildman–Crippen MR) is 63.5 cm³/mol. The number of H-pyrrole nitrogens is 1. The fourth-order valence-corrected chi connectivity index (χ4v) is 2.39. The van der Waals surface area contributed by atoms with Gasteiger partial charge in [-0.1, -0.05) is 6.92 Å². The molecule has 4 nitrogen and oxygen atoms in total. The second-order valence-corrected chi connectivity index (χ2v) is 4.39. The summed E-state index contributed by atoms with van der Waals surface area (Å²) in [6.45, 7) is 2.70. The third-order valence-corrected chi connectivity index (χ3v) is 3.35. The number of nitrogens with zero attached hydrogens (tertiary/aromatic N) is 1. The van der Waals surface area contributed by atoms with E-state index in [9.17, 15) is 4.79 Å². The largest absolute Gasteiger partial charge is 0.347 e. The van der Waals surface area contributed by atoms with Gasteiger partial charge in [0.05, 0.1) is 18.3 Å². The van der Waals surface area contributed by atoms with Crippen molar-refractivity contribution in [2.75, 3.05) is 0 Å². The highest BCUT2D eigenvalue weighted by Gasteiger charge is 2.08. The Kier molecular flexibility index (Phi) is 3.36. The van der Waals surface area contributed by atoms with Crippen molar-refractivity contribution in [1.29, 1.82) is 0 Å². The first kappa shape index (κ1) is 10.9. The standard InChI is InChI=1S/C11H13N3OS/c1-2-8-3-4-16-10(8)7-12-11(15)9-5-13-14-6-9/h3-6H,2,7H2,1H3,(H,12,15)(H,13,14). The molecular formula is C11H13N3OS. The second kappa shape index (κ2) is 4.94. The van der Waals surface area contributed by atoms with Crippen molar-refractivity contribution in [3.8, 4) is 0 Å².